The largest absolute Gasteiger partial charge is 0.329 e. The van der Waals surface area contributed by atoms with Gasteiger partial charge in [-0.25, -0.2) is 9.82 Å². The highest BCUT2D eigenvalue weighted by Crippen LogP contribution is 2.10. The number of hydrazone groups is 1. The van der Waals surface area contributed by atoms with E-state index in [0.29, 0.717) is 17.1 Å². The average Bonchev–Trinajstić information content (AvgIpc) is 2.68. The Hall–Kier alpha value is -3.55. The Morgan fingerprint density at radius 1 is 0.893 bits per heavy atom. The summed E-state index contributed by atoms with van der Waals surface area (Å²) in [4.78, 5) is 35.6. The number of amides is 3. The third kappa shape index (κ3) is 6.64. The van der Waals surface area contributed by atoms with Crippen molar-refractivity contribution >= 4 is 34.8 Å². The van der Waals surface area contributed by atoms with Crippen LogP contribution in [-0.2, 0) is 20.8 Å². The Morgan fingerprint density at radius 3 is 2.07 bits per heavy atom. The molecule has 2 rings (SSSR count). The first-order valence-electron chi connectivity index (χ1n) is 8.66. The molecule has 3 N–H and O–H groups in total. The van der Waals surface area contributed by atoms with Gasteiger partial charge in [-0.15, -0.1) is 0 Å². The smallest absolute Gasteiger partial charge is 0.326 e. The van der Waals surface area contributed by atoms with E-state index in [9.17, 15) is 18.8 Å². The number of nitrogens with one attached hydrogen (secondary N) is 3. The lowest BCUT2D eigenvalue weighted by molar-refractivity contribution is -0.136. The summed E-state index contributed by atoms with van der Waals surface area (Å²) in [5.74, 6) is -2.60. The number of carbonyl (C=O) groups excluding carboxylic acids is 3. The SMILES string of the molecule is CCc1ccc(NC(=O)C(=O)N/N=C(\C)CC(=O)Nc2ccc(F)cc2)cc1. The number of carbonyl (C=O) groups is 3. The highest BCUT2D eigenvalue weighted by atomic mass is 19.1. The van der Waals surface area contributed by atoms with Crippen molar-refractivity contribution in [3.05, 3.63) is 59.9 Å². The summed E-state index contributed by atoms with van der Waals surface area (Å²) in [5, 5.41) is 8.78. The van der Waals surface area contributed by atoms with Crippen molar-refractivity contribution in [2.24, 2.45) is 5.10 Å². The highest BCUT2D eigenvalue weighted by molar-refractivity contribution is 6.39. The minimum absolute atomic E-state index is 0.0994. The summed E-state index contributed by atoms with van der Waals surface area (Å²) in [6, 6.07) is 12.4. The van der Waals surface area contributed by atoms with Crippen LogP contribution in [0.3, 0.4) is 0 Å². The zero-order valence-corrected chi connectivity index (χ0v) is 15.6. The van der Waals surface area contributed by atoms with Gasteiger partial charge in [0.25, 0.3) is 0 Å². The number of rotatable bonds is 6. The number of aryl methyl sites for hydroxylation is 1. The van der Waals surface area contributed by atoms with Crippen LogP contribution >= 0.6 is 0 Å². The maximum Gasteiger partial charge on any atom is 0.329 e. The molecule has 0 unspecified atom stereocenters. The molecule has 28 heavy (non-hydrogen) atoms. The topological polar surface area (TPSA) is 99.7 Å². The Bertz CT molecular complexity index is 877. The van der Waals surface area contributed by atoms with Gasteiger partial charge in [-0.1, -0.05) is 19.1 Å². The molecule has 0 aliphatic rings. The average molecular weight is 384 g/mol. The van der Waals surface area contributed by atoms with Crippen molar-refractivity contribution < 1.29 is 18.8 Å². The van der Waals surface area contributed by atoms with Crippen molar-refractivity contribution in [1.29, 1.82) is 0 Å². The maximum absolute atomic E-state index is 12.8. The predicted molar refractivity (Wildman–Crippen MR) is 105 cm³/mol. The van der Waals surface area contributed by atoms with Crippen LogP contribution in [0.2, 0.25) is 0 Å². The van der Waals surface area contributed by atoms with E-state index < -0.39 is 17.6 Å². The summed E-state index contributed by atoms with van der Waals surface area (Å²) in [6.07, 6.45) is 0.773. The second-order valence-corrected chi connectivity index (χ2v) is 6.02. The van der Waals surface area contributed by atoms with Gasteiger partial charge in [0.1, 0.15) is 5.82 Å². The van der Waals surface area contributed by atoms with Crippen LogP contribution in [0, 0.1) is 5.82 Å². The van der Waals surface area contributed by atoms with Gasteiger partial charge >= 0.3 is 11.8 Å². The van der Waals surface area contributed by atoms with Crippen molar-refractivity contribution in [2.75, 3.05) is 10.6 Å². The lowest BCUT2D eigenvalue weighted by atomic mass is 10.1. The summed E-state index contributed by atoms with van der Waals surface area (Å²) in [7, 11) is 0. The highest BCUT2D eigenvalue weighted by Gasteiger charge is 2.13. The molecule has 0 aliphatic heterocycles. The summed E-state index contributed by atoms with van der Waals surface area (Å²) in [5.41, 5.74) is 4.46. The molecule has 0 fully saturated rings. The zero-order chi connectivity index (χ0) is 20.5. The van der Waals surface area contributed by atoms with Crippen molar-refractivity contribution in [3.8, 4) is 0 Å². The number of anilines is 2. The molecule has 3 amide bonds. The van der Waals surface area contributed by atoms with E-state index >= 15 is 0 Å². The fourth-order valence-electron chi connectivity index (χ4n) is 2.22. The van der Waals surface area contributed by atoms with Gasteiger partial charge in [0, 0.05) is 17.1 Å². The van der Waals surface area contributed by atoms with Crippen molar-refractivity contribution in [2.45, 2.75) is 26.7 Å². The van der Waals surface area contributed by atoms with E-state index in [2.05, 4.69) is 21.2 Å². The van der Waals surface area contributed by atoms with Crippen molar-refractivity contribution in [3.63, 3.8) is 0 Å². The summed E-state index contributed by atoms with van der Waals surface area (Å²) in [6.45, 7) is 3.55. The van der Waals surface area contributed by atoms with Crippen LogP contribution in [0.15, 0.2) is 53.6 Å². The van der Waals surface area contributed by atoms with Gasteiger partial charge in [-0.05, 0) is 55.3 Å². The molecule has 0 bridgehead atoms. The lowest BCUT2D eigenvalue weighted by Crippen LogP contribution is -2.33. The zero-order valence-electron chi connectivity index (χ0n) is 15.6. The van der Waals surface area contributed by atoms with Crippen LogP contribution in [0.4, 0.5) is 15.8 Å². The number of benzene rings is 2. The molecule has 0 aliphatic carbocycles. The van der Waals surface area contributed by atoms with Gasteiger partial charge < -0.3 is 10.6 Å². The fraction of sp³-hybridized carbons (Fsp3) is 0.200. The normalized spacial score (nSPS) is 10.9. The third-order valence-corrected chi connectivity index (χ3v) is 3.72. The molecule has 146 valence electrons. The number of halogens is 1. The van der Waals surface area contributed by atoms with Gasteiger partial charge in [0.15, 0.2) is 0 Å². The molecule has 8 heteroatoms. The molecule has 0 saturated heterocycles. The Kier molecular flexibility index (Phi) is 7.38. The Labute approximate surface area is 162 Å². The van der Waals surface area contributed by atoms with E-state index in [1.807, 2.05) is 19.1 Å². The monoisotopic (exact) mass is 384 g/mol. The van der Waals surface area contributed by atoms with E-state index in [1.54, 1.807) is 12.1 Å². The quantitative estimate of drug-likeness (QED) is 0.406. The fourth-order valence-corrected chi connectivity index (χ4v) is 2.22. The van der Waals surface area contributed by atoms with Crippen LogP contribution in [0.25, 0.3) is 0 Å². The maximum atomic E-state index is 12.8. The molecule has 0 spiro atoms. The van der Waals surface area contributed by atoms with E-state index in [4.69, 9.17) is 0 Å². The van der Waals surface area contributed by atoms with Gasteiger partial charge in [0.05, 0.1) is 6.42 Å². The summed E-state index contributed by atoms with van der Waals surface area (Å²) >= 11 is 0. The number of hydrogen-bond donors (Lipinski definition) is 3. The second kappa shape index (κ2) is 9.96. The molecule has 0 atom stereocenters. The van der Waals surface area contributed by atoms with Crippen molar-refractivity contribution in [1.82, 2.24) is 5.43 Å². The van der Waals surface area contributed by atoms with E-state index in [-0.39, 0.29) is 12.3 Å². The number of hydrogen-bond acceptors (Lipinski definition) is 4. The molecule has 2 aromatic rings. The minimum Gasteiger partial charge on any atom is -0.326 e. The molecule has 0 saturated carbocycles. The molecule has 0 radical (unpaired) electrons. The standard InChI is InChI=1S/C20H21FN4O3/c1-3-14-4-8-17(9-5-14)23-19(27)20(28)25-24-13(2)12-18(26)22-16-10-6-15(21)7-11-16/h4-11H,3,12H2,1-2H3,(H,22,26)(H,23,27)(H,25,28)/b24-13+. The second-order valence-electron chi connectivity index (χ2n) is 6.02. The Balaban J connectivity index is 1.81. The van der Waals surface area contributed by atoms with E-state index in [0.717, 1.165) is 12.0 Å². The lowest BCUT2D eigenvalue weighted by Gasteiger charge is -2.06. The van der Waals surface area contributed by atoms with Gasteiger partial charge in [0.2, 0.25) is 5.91 Å². The van der Waals surface area contributed by atoms with Gasteiger partial charge in [-0.3, -0.25) is 14.4 Å². The molecule has 2 aromatic carbocycles. The first kappa shape index (κ1) is 20.8. The van der Waals surface area contributed by atoms with E-state index in [1.165, 1.54) is 31.2 Å². The minimum atomic E-state index is -0.946. The molecule has 0 heterocycles. The third-order valence-electron chi connectivity index (χ3n) is 3.72. The molecule has 0 aromatic heterocycles. The van der Waals surface area contributed by atoms with Crippen LogP contribution in [0.5, 0.6) is 0 Å². The number of nitrogens with zero attached hydrogens (tertiary/aromatic N) is 1. The summed E-state index contributed by atoms with van der Waals surface area (Å²) < 4.78 is 12.8. The van der Waals surface area contributed by atoms with Crippen LogP contribution < -0.4 is 16.1 Å². The molecular weight excluding hydrogens is 363 g/mol. The first-order chi connectivity index (χ1) is 13.4. The molecular formula is C20H21FN4O3. The Morgan fingerprint density at radius 2 is 1.46 bits per heavy atom. The molecule has 7 nitrogen and oxygen atoms in total. The van der Waals surface area contributed by atoms with Crippen LogP contribution in [-0.4, -0.2) is 23.4 Å². The first-order valence-corrected chi connectivity index (χ1v) is 8.66. The van der Waals surface area contributed by atoms with Crippen LogP contribution in [0.1, 0.15) is 25.8 Å². The predicted octanol–water partition coefficient (Wildman–Crippen LogP) is 2.85. The van der Waals surface area contributed by atoms with Gasteiger partial charge in [-0.2, -0.15) is 5.10 Å².